The summed E-state index contributed by atoms with van der Waals surface area (Å²) >= 11 is 11.3. The first-order valence-electron chi connectivity index (χ1n) is 5.47. The molecule has 0 fully saturated rings. The number of nitrogens with one attached hydrogen (secondary N) is 1. The fraction of sp³-hybridized carbons (Fsp3) is 0. The fourth-order valence-corrected chi connectivity index (χ4v) is 2.90. The summed E-state index contributed by atoms with van der Waals surface area (Å²) in [6.07, 6.45) is 1.03. The van der Waals surface area contributed by atoms with E-state index in [0.717, 1.165) is 12.3 Å². The predicted octanol–water partition coefficient (Wildman–Crippen LogP) is 2.89. The number of nitrogens with zero attached hydrogens (tertiary/aromatic N) is 1. The van der Waals surface area contributed by atoms with Crippen molar-refractivity contribution in [3.05, 3.63) is 52.3 Å². The minimum absolute atomic E-state index is 0.0222. The Morgan fingerprint density at radius 2 is 1.90 bits per heavy atom. The molecule has 0 amide bonds. The molecule has 2 aromatic rings. The number of sulfonamides is 1. The van der Waals surface area contributed by atoms with Crippen LogP contribution in [0.5, 0.6) is 0 Å². The van der Waals surface area contributed by atoms with Crippen molar-refractivity contribution in [3.63, 3.8) is 0 Å². The minimum atomic E-state index is -4.03. The van der Waals surface area contributed by atoms with E-state index in [9.17, 15) is 13.2 Å². The Labute approximate surface area is 130 Å². The molecule has 1 heterocycles. The third kappa shape index (κ3) is 3.44. The Morgan fingerprint density at radius 1 is 1.24 bits per heavy atom. The quantitative estimate of drug-likeness (QED) is 0.829. The molecule has 0 saturated heterocycles. The molecule has 0 saturated carbocycles. The number of benzene rings is 1. The van der Waals surface area contributed by atoms with Gasteiger partial charge in [0.1, 0.15) is 10.0 Å². The standard InChI is InChI=1S/C12H8Cl2N2O4S/c13-9-5-7(6-15-11(9)14)21(19,20)16-10-4-2-1-3-8(10)12(17)18/h1-6,16H,(H,17,18). The van der Waals surface area contributed by atoms with Gasteiger partial charge in [0.15, 0.2) is 0 Å². The Kier molecular flexibility index (Phi) is 4.36. The second kappa shape index (κ2) is 5.88. The van der Waals surface area contributed by atoms with E-state index in [0.29, 0.717) is 0 Å². The van der Waals surface area contributed by atoms with Crippen molar-refractivity contribution in [2.24, 2.45) is 0 Å². The van der Waals surface area contributed by atoms with Crippen LogP contribution in [0.3, 0.4) is 0 Å². The van der Waals surface area contributed by atoms with Gasteiger partial charge in [0.25, 0.3) is 10.0 Å². The lowest BCUT2D eigenvalue weighted by molar-refractivity contribution is 0.0698. The lowest BCUT2D eigenvalue weighted by Gasteiger charge is -2.10. The number of halogens is 2. The van der Waals surface area contributed by atoms with Gasteiger partial charge in [-0.15, -0.1) is 0 Å². The summed E-state index contributed by atoms with van der Waals surface area (Å²) in [7, 11) is -4.03. The van der Waals surface area contributed by atoms with Crippen LogP contribution in [0.1, 0.15) is 10.4 Å². The molecule has 21 heavy (non-hydrogen) atoms. The highest BCUT2D eigenvalue weighted by molar-refractivity contribution is 7.92. The van der Waals surface area contributed by atoms with Crippen molar-refractivity contribution in [2.45, 2.75) is 4.90 Å². The lowest BCUT2D eigenvalue weighted by Crippen LogP contribution is -2.15. The molecule has 0 aliphatic heterocycles. The largest absolute Gasteiger partial charge is 0.478 e. The van der Waals surface area contributed by atoms with Gasteiger partial charge in [0, 0.05) is 6.20 Å². The molecule has 9 heteroatoms. The van der Waals surface area contributed by atoms with Crippen LogP contribution in [0.4, 0.5) is 5.69 Å². The summed E-state index contributed by atoms with van der Waals surface area (Å²) in [6.45, 7) is 0. The van der Waals surface area contributed by atoms with Crippen molar-refractivity contribution in [1.29, 1.82) is 0 Å². The number of para-hydroxylation sites is 1. The maximum absolute atomic E-state index is 12.2. The Hall–Kier alpha value is -1.83. The molecule has 0 bridgehead atoms. The molecule has 0 atom stereocenters. The Bertz CT molecular complexity index is 809. The molecule has 0 aliphatic rings. The molecule has 0 unspecified atom stereocenters. The summed E-state index contributed by atoms with van der Waals surface area (Å²) in [5, 5.41) is 8.98. The first kappa shape index (κ1) is 15.6. The second-order valence-corrected chi connectivity index (χ2v) is 6.35. The number of carbonyl (C=O) groups is 1. The number of carboxylic acid groups (broad SMARTS) is 1. The number of aromatic nitrogens is 1. The van der Waals surface area contributed by atoms with E-state index >= 15 is 0 Å². The van der Waals surface area contributed by atoms with Crippen molar-refractivity contribution < 1.29 is 18.3 Å². The average molecular weight is 347 g/mol. The number of carboxylic acids is 1. The van der Waals surface area contributed by atoms with Gasteiger partial charge in [-0.25, -0.2) is 18.2 Å². The van der Waals surface area contributed by atoms with Crippen molar-refractivity contribution in [3.8, 4) is 0 Å². The van der Waals surface area contributed by atoms with E-state index in [1.165, 1.54) is 24.3 Å². The van der Waals surface area contributed by atoms with Crippen LogP contribution >= 0.6 is 23.2 Å². The van der Waals surface area contributed by atoms with Crippen LogP contribution in [0.15, 0.2) is 41.4 Å². The fourth-order valence-electron chi connectivity index (χ4n) is 1.51. The molecule has 2 N–H and O–H groups in total. The third-order valence-corrected chi connectivity index (χ3v) is 4.50. The number of pyridine rings is 1. The highest BCUT2D eigenvalue weighted by Gasteiger charge is 2.19. The van der Waals surface area contributed by atoms with Crippen molar-refractivity contribution in [1.82, 2.24) is 4.98 Å². The Morgan fingerprint density at radius 3 is 2.52 bits per heavy atom. The molecule has 110 valence electrons. The smallest absolute Gasteiger partial charge is 0.337 e. The molecular formula is C12H8Cl2N2O4S. The van der Waals surface area contributed by atoms with Gasteiger partial charge in [0.2, 0.25) is 0 Å². The van der Waals surface area contributed by atoms with Crippen LogP contribution in [0.2, 0.25) is 10.2 Å². The summed E-state index contributed by atoms with van der Waals surface area (Å²) in [4.78, 5) is 14.5. The zero-order valence-electron chi connectivity index (χ0n) is 10.2. The van der Waals surface area contributed by atoms with E-state index in [-0.39, 0.29) is 26.3 Å². The van der Waals surface area contributed by atoms with Crippen LogP contribution in [0.25, 0.3) is 0 Å². The van der Waals surface area contributed by atoms with Crippen LogP contribution in [0, 0.1) is 0 Å². The van der Waals surface area contributed by atoms with Crippen molar-refractivity contribution >= 4 is 44.9 Å². The van der Waals surface area contributed by atoms with E-state index in [1.807, 2.05) is 0 Å². The SMILES string of the molecule is O=C(O)c1ccccc1NS(=O)(=O)c1cnc(Cl)c(Cl)c1. The molecule has 1 aromatic carbocycles. The van der Waals surface area contributed by atoms with E-state index in [1.54, 1.807) is 0 Å². The number of anilines is 1. The van der Waals surface area contributed by atoms with Crippen molar-refractivity contribution in [2.75, 3.05) is 4.72 Å². The summed E-state index contributed by atoms with van der Waals surface area (Å²) in [5.41, 5.74) is -0.231. The van der Waals surface area contributed by atoms with E-state index < -0.39 is 16.0 Å². The first-order chi connectivity index (χ1) is 9.81. The van der Waals surface area contributed by atoms with Gasteiger partial charge in [-0.2, -0.15) is 0 Å². The van der Waals surface area contributed by atoms with Gasteiger partial charge in [0.05, 0.1) is 16.3 Å². The van der Waals surface area contributed by atoms with E-state index in [4.69, 9.17) is 28.3 Å². The number of hydrogen-bond acceptors (Lipinski definition) is 4. The summed E-state index contributed by atoms with van der Waals surface area (Å²) in [5.74, 6) is -1.25. The van der Waals surface area contributed by atoms with Crippen LogP contribution in [-0.2, 0) is 10.0 Å². The maximum atomic E-state index is 12.2. The second-order valence-electron chi connectivity index (χ2n) is 3.90. The molecule has 0 aliphatic carbocycles. The lowest BCUT2D eigenvalue weighted by atomic mass is 10.2. The third-order valence-electron chi connectivity index (χ3n) is 2.48. The topological polar surface area (TPSA) is 96.4 Å². The van der Waals surface area contributed by atoms with E-state index in [2.05, 4.69) is 9.71 Å². The Balaban J connectivity index is 2.42. The van der Waals surface area contributed by atoms with Crippen LogP contribution in [-0.4, -0.2) is 24.5 Å². The summed E-state index contributed by atoms with van der Waals surface area (Å²) in [6, 6.07) is 6.75. The maximum Gasteiger partial charge on any atom is 0.337 e. The highest BCUT2D eigenvalue weighted by atomic mass is 35.5. The van der Waals surface area contributed by atoms with Gasteiger partial charge < -0.3 is 5.11 Å². The minimum Gasteiger partial charge on any atom is -0.478 e. The summed E-state index contributed by atoms with van der Waals surface area (Å²) < 4.78 is 26.6. The number of aromatic carboxylic acids is 1. The average Bonchev–Trinajstić information content (AvgIpc) is 2.41. The predicted molar refractivity (Wildman–Crippen MR) is 78.5 cm³/mol. The molecule has 1 aromatic heterocycles. The normalized spacial score (nSPS) is 11.1. The highest BCUT2D eigenvalue weighted by Crippen LogP contribution is 2.24. The van der Waals surface area contributed by atoms with Gasteiger partial charge >= 0.3 is 5.97 Å². The molecule has 6 nitrogen and oxygen atoms in total. The van der Waals surface area contributed by atoms with Gasteiger partial charge in [-0.05, 0) is 18.2 Å². The molecular weight excluding hydrogens is 339 g/mol. The van der Waals surface area contributed by atoms with Gasteiger partial charge in [-0.1, -0.05) is 35.3 Å². The molecule has 0 radical (unpaired) electrons. The number of hydrogen-bond donors (Lipinski definition) is 2. The number of rotatable bonds is 4. The first-order valence-corrected chi connectivity index (χ1v) is 7.71. The molecule has 2 rings (SSSR count). The monoisotopic (exact) mass is 346 g/mol. The molecule has 0 spiro atoms. The van der Waals surface area contributed by atoms with Gasteiger partial charge in [-0.3, -0.25) is 4.72 Å². The zero-order valence-corrected chi connectivity index (χ0v) is 12.6. The zero-order chi connectivity index (χ0) is 15.6. The van der Waals surface area contributed by atoms with Crippen LogP contribution < -0.4 is 4.72 Å².